The highest BCUT2D eigenvalue weighted by Gasteiger charge is 2.09. The van der Waals surface area contributed by atoms with Crippen LogP contribution in [-0.2, 0) is 9.59 Å². The van der Waals surface area contributed by atoms with Gasteiger partial charge in [-0.1, -0.05) is 13.3 Å². The van der Waals surface area contributed by atoms with Gasteiger partial charge in [0.15, 0.2) is 0 Å². The van der Waals surface area contributed by atoms with E-state index in [1.807, 2.05) is 24.3 Å². The van der Waals surface area contributed by atoms with E-state index in [9.17, 15) is 9.59 Å². The van der Waals surface area contributed by atoms with Crippen LogP contribution in [0.15, 0.2) is 24.3 Å². The zero-order valence-electron chi connectivity index (χ0n) is 13.8. The van der Waals surface area contributed by atoms with Gasteiger partial charge in [0.25, 0.3) is 0 Å². The van der Waals surface area contributed by atoms with Gasteiger partial charge in [-0.2, -0.15) is 0 Å². The fraction of sp³-hybridized carbons (Fsp3) is 0.529. The molecule has 0 saturated heterocycles. The Morgan fingerprint density at radius 2 is 1.64 bits per heavy atom. The second kappa shape index (κ2) is 9.82. The molecule has 0 aliphatic carbocycles. The first kappa shape index (κ1) is 18.0. The predicted molar refractivity (Wildman–Crippen MR) is 91.2 cm³/mol. The minimum atomic E-state index is -0.287. The van der Waals surface area contributed by atoms with Gasteiger partial charge in [-0.25, -0.2) is 0 Å². The highest BCUT2D eigenvalue weighted by atomic mass is 16.2. The van der Waals surface area contributed by atoms with Gasteiger partial charge in [-0.15, -0.1) is 0 Å². The molecule has 1 rings (SSSR count). The average molecular weight is 305 g/mol. The number of carbonyl (C=O) groups is 2. The Morgan fingerprint density at radius 1 is 1.00 bits per heavy atom. The normalized spacial score (nSPS) is 10.1. The SMILES string of the molecule is CCCCNC(=O)CC(=O)Nc1ccc(N(CC)CC)cc1. The van der Waals surface area contributed by atoms with Crippen LogP contribution in [0, 0.1) is 0 Å². The van der Waals surface area contributed by atoms with Crippen LogP contribution in [0.4, 0.5) is 11.4 Å². The molecule has 2 amide bonds. The molecule has 0 aliphatic rings. The maximum Gasteiger partial charge on any atom is 0.233 e. The predicted octanol–water partition coefficient (Wildman–Crippen LogP) is 2.78. The molecule has 0 aliphatic heterocycles. The number of hydrogen-bond donors (Lipinski definition) is 2. The molecule has 122 valence electrons. The molecule has 0 aromatic heterocycles. The van der Waals surface area contributed by atoms with Crippen molar-refractivity contribution in [1.29, 1.82) is 0 Å². The maximum atomic E-state index is 11.8. The first-order valence-corrected chi connectivity index (χ1v) is 8.02. The van der Waals surface area contributed by atoms with Gasteiger partial charge in [0.1, 0.15) is 6.42 Å². The highest BCUT2D eigenvalue weighted by molar-refractivity contribution is 6.03. The Kier molecular flexibility index (Phi) is 8.04. The highest BCUT2D eigenvalue weighted by Crippen LogP contribution is 2.17. The van der Waals surface area contributed by atoms with Crippen LogP contribution >= 0.6 is 0 Å². The zero-order chi connectivity index (χ0) is 16.4. The largest absolute Gasteiger partial charge is 0.372 e. The van der Waals surface area contributed by atoms with Gasteiger partial charge in [-0.3, -0.25) is 9.59 Å². The summed E-state index contributed by atoms with van der Waals surface area (Å²) in [4.78, 5) is 25.6. The van der Waals surface area contributed by atoms with Crippen LogP contribution < -0.4 is 15.5 Å². The fourth-order valence-electron chi connectivity index (χ4n) is 2.16. The Bertz CT molecular complexity index is 467. The standard InChI is InChI=1S/C17H27N3O2/c1-4-7-12-18-16(21)13-17(22)19-14-8-10-15(11-9-14)20(5-2)6-3/h8-11H,4-7,12-13H2,1-3H3,(H,18,21)(H,19,22). The second-order valence-electron chi connectivity index (χ2n) is 5.15. The van der Waals surface area contributed by atoms with Crippen LogP contribution in [0.5, 0.6) is 0 Å². The molecule has 22 heavy (non-hydrogen) atoms. The molecule has 0 saturated carbocycles. The van der Waals surface area contributed by atoms with Crippen LogP contribution in [0.25, 0.3) is 0 Å². The van der Waals surface area contributed by atoms with Crippen molar-refractivity contribution in [3.63, 3.8) is 0 Å². The first-order chi connectivity index (χ1) is 10.6. The Balaban J connectivity index is 2.46. The molecule has 0 unspecified atom stereocenters. The topological polar surface area (TPSA) is 61.4 Å². The van der Waals surface area contributed by atoms with Crippen molar-refractivity contribution in [3.8, 4) is 0 Å². The van der Waals surface area contributed by atoms with E-state index in [4.69, 9.17) is 0 Å². The molecule has 0 spiro atoms. The Labute approximate surface area is 133 Å². The Morgan fingerprint density at radius 3 is 2.18 bits per heavy atom. The molecular weight excluding hydrogens is 278 g/mol. The Hall–Kier alpha value is -2.04. The lowest BCUT2D eigenvalue weighted by Gasteiger charge is -2.21. The molecule has 5 heteroatoms. The molecule has 0 fully saturated rings. The molecule has 5 nitrogen and oxygen atoms in total. The van der Waals surface area contributed by atoms with Crippen molar-refractivity contribution in [2.75, 3.05) is 29.9 Å². The third-order valence-electron chi connectivity index (χ3n) is 3.45. The van der Waals surface area contributed by atoms with Gasteiger partial charge in [0.2, 0.25) is 11.8 Å². The number of unbranched alkanes of at least 4 members (excludes halogenated alkanes) is 1. The molecule has 0 heterocycles. The molecule has 1 aromatic rings. The smallest absolute Gasteiger partial charge is 0.233 e. The monoisotopic (exact) mass is 305 g/mol. The van der Waals surface area contributed by atoms with E-state index in [1.54, 1.807) is 0 Å². The van der Waals surface area contributed by atoms with Crippen molar-refractivity contribution in [2.24, 2.45) is 0 Å². The number of amides is 2. The van der Waals surface area contributed by atoms with Crippen LogP contribution in [0.2, 0.25) is 0 Å². The number of nitrogens with zero attached hydrogens (tertiary/aromatic N) is 1. The summed E-state index contributed by atoms with van der Waals surface area (Å²) in [5.74, 6) is -0.518. The van der Waals surface area contributed by atoms with Crippen LogP contribution in [0.1, 0.15) is 40.0 Å². The minimum absolute atomic E-state index is 0.137. The van der Waals surface area contributed by atoms with Crippen molar-refractivity contribution in [1.82, 2.24) is 5.32 Å². The van der Waals surface area contributed by atoms with Gasteiger partial charge >= 0.3 is 0 Å². The van der Waals surface area contributed by atoms with Gasteiger partial charge in [0, 0.05) is 31.0 Å². The molecule has 0 atom stereocenters. The third kappa shape index (κ3) is 6.16. The van der Waals surface area contributed by atoms with E-state index >= 15 is 0 Å². The van der Waals surface area contributed by atoms with E-state index < -0.39 is 0 Å². The summed E-state index contributed by atoms with van der Waals surface area (Å²) in [6.07, 6.45) is 1.81. The molecule has 0 radical (unpaired) electrons. The summed E-state index contributed by atoms with van der Waals surface area (Å²) < 4.78 is 0. The fourth-order valence-corrected chi connectivity index (χ4v) is 2.16. The zero-order valence-corrected chi connectivity index (χ0v) is 13.8. The van der Waals surface area contributed by atoms with E-state index in [-0.39, 0.29) is 18.2 Å². The molecule has 0 bridgehead atoms. The number of carbonyl (C=O) groups excluding carboxylic acids is 2. The molecule has 2 N–H and O–H groups in total. The lowest BCUT2D eigenvalue weighted by Crippen LogP contribution is -2.28. The quantitative estimate of drug-likeness (QED) is 0.545. The molecular formula is C17H27N3O2. The van der Waals surface area contributed by atoms with Crippen LogP contribution in [0.3, 0.4) is 0 Å². The number of rotatable bonds is 9. The lowest BCUT2D eigenvalue weighted by molar-refractivity contribution is -0.126. The summed E-state index contributed by atoms with van der Waals surface area (Å²) >= 11 is 0. The number of benzene rings is 1. The molecule has 1 aromatic carbocycles. The van der Waals surface area contributed by atoms with E-state index in [2.05, 4.69) is 36.3 Å². The first-order valence-electron chi connectivity index (χ1n) is 8.02. The minimum Gasteiger partial charge on any atom is -0.372 e. The second-order valence-corrected chi connectivity index (χ2v) is 5.15. The summed E-state index contributed by atoms with van der Waals surface area (Å²) in [5, 5.41) is 5.48. The van der Waals surface area contributed by atoms with E-state index in [0.29, 0.717) is 12.2 Å². The third-order valence-corrected chi connectivity index (χ3v) is 3.45. The average Bonchev–Trinajstić information content (AvgIpc) is 2.50. The van der Waals surface area contributed by atoms with Crippen molar-refractivity contribution in [3.05, 3.63) is 24.3 Å². The number of hydrogen-bond acceptors (Lipinski definition) is 3. The summed E-state index contributed by atoms with van der Waals surface area (Å²) in [7, 11) is 0. The van der Waals surface area contributed by atoms with Gasteiger partial charge in [-0.05, 0) is 44.5 Å². The van der Waals surface area contributed by atoms with Crippen LogP contribution in [-0.4, -0.2) is 31.4 Å². The summed E-state index contributed by atoms with van der Waals surface area (Å²) in [6, 6.07) is 7.68. The summed E-state index contributed by atoms with van der Waals surface area (Å²) in [6.45, 7) is 8.79. The summed E-state index contributed by atoms with van der Waals surface area (Å²) in [5.41, 5.74) is 1.84. The van der Waals surface area contributed by atoms with Gasteiger partial charge in [0.05, 0.1) is 0 Å². The lowest BCUT2D eigenvalue weighted by atomic mass is 10.2. The van der Waals surface area contributed by atoms with Crippen molar-refractivity contribution in [2.45, 2.75) is 40.0 Å². The maximum absolute atomic E-state index is 11.8. The van der Waals surface area contributed by atoms with Crippen molar-refractivity contribution < 1.29 is 9.59 Å². The number of anilines is 2. The van der Waals surface area contributed by atoms with E-state index in [1.165, 1.54) is 0 Å². The number of nitrogens with one attached hydrogen (secondary N) is 2. The van der Waals surface area contributed by atoms with E-state index in [0.717, 1.165) is 31.6 Å². The van der Waals surface area contributed by atoms with Gasteiger partial charge < -0.3 is 15.5 Å². The van der Waals surface area contributed by atoms with Crippen molar-refractivity contribution >= 4 is 23.2 Å².